The Bertz CT molecular complexity index is 8920. The normalized spacial score (nSPS) is 11.7. The lowest BCUT2D eigenvalue weighted by molar-refractivity contribution is 0.668. The molecule has 0 spiro atoms. The zero-order valence-corrected chi connectivity index (χ0v) is 68.9. The van der Waals surface area contributed by atoms with Crippen molar-refractivity contribution in [3.05, 3.63) is 413 Å². The van der Waals surface area contributed by atoms with Gasteiger partial charge in [0.1, 0.15) is 55.8 Å². The van der Waals surface area contributed by atoms with Gasteiger partial charge >= 0.3 is 0 Å². The van der Waals surface area contributed by atoms with Gasteiger partial charge in [0.25, 0.3) is 0 Å². The topological polar surface area (TPSA) is 169 Å². The molecule has 0 amide bonds. The number of benzene rings is 19. The molecule has 602 valence electrons. The van der Waals surface area contributed by atoms with Crippen LogP contribution in [0.2, 0.25) is 0 Å². The van der Waals surface area contributed by atoms with Gasteiger partial charge in [-0.2, -0.15) is 0 Å². The molecule has 8 heterocycles. The van der Waals surface area contributed by atoms with Crippen molar-refractivity contribution in [3.63, 3.8) is 0 Å². The summed E-state index contributed by atoms with van der Waals surface area (Å²) in [6.45, 7) is 0. The molecular weight excluding hydrogens is 1590 g/mol. The van der Waals surface area contributed by atoms with Crippen molar-refractivity contribution < 1.29 is 22.1 Å². The Labute approximate surface area is 735 Å². The molecule has 0 atom stereocenters. The fourth-order valence-electron chi connectivity index (χ4n) is 18.6. The molecule has 0 aliphatic rings. The summed E-state index contributed by atoms with van der Waals surface area (Å²) in [4.78, 5) is 41.1. The average Bonchev–Trinajstić information content (AvgIpc) is 1.49. The number of rotatable bonds is 10. The van der Waals surface area contributed by atoms with Gasteiger partial charge in [-0.05, 0) is 128 Å². The van der Waals surface area contributed by atoms with Crippen molar-refractivity contribution in [1.29, 1.82) is 0 Å². The Kier molecular flexibility index (Phi) is 17.6. The number of nitrogens with zero attached hydrogens (tertiary/aromatic N) is 8. The standard InChI is InChI=1S/C46H28N2O.C37H21N3O2.C33H19N3O2/c1-2-13-30(14-3-1)44-45(32-25-24-29-12-4-5-15-31(29)28-32)47-40-27-26-36-34(19-10-21-38(36)46(40)48-44)33-16-6-7-17-35(33)37-20-11-23-42-43(37)39-18-8-9-22-41(39)49-42;1-2-10-23-21-24(20-19-22(23)9-1)35-38-36(27-13-7-17-31-33(27)25-11-3-5-15-29(25)41-31)40-37(39-35)28-14-8-18-32-34(28)26-12-4-6-16-30(26)42-32;1-2-10-20(11-3-1)31-34-32(23-14-8-18-27-29(23)21-12-4-6-16-25(21)37-27)36-33(35-31)24-15-9-19-28-30(24)22-13-5-7-17-26(22)38-28/h1-28H;1-21H;1-19H. The summed E-state index contributed by atoms with van der Waals surface area (Å²) in [6.07, 6.45) is 0. The molecule has 0 aliphatic carbocycles. The summed E-state index contributed by atoms with van der Waals surface area (Å²) < 4.78 is 31.0. The van der Waals surface area contributed by atoms with E-state index in [1.165, 1.54) is 16.2 Å². The molecule has 13 heteroatoms. The largest absolute Gasteiger partial charge is 0.456 e. The zero-order valence-electron chi connectivity index (χ0n) is 68.9. The fourth-order valence-corrected chi connectivity index (χ4v) is 18.6. The van der Waals surface area contributed by atoms with Crippen LogP contribution in [0.1, 0.15) is 0 Å². The van der Waals surface area contributed by atoms with Gasteiger partial charge in [0.05, 0.1) is 22.4 Å². The first-order chi connectivity index (χ1) is 63.9. The van der Waals surface area contributed by atoms with E-state index in [0.717, 1.165) is 215 Å². The molecule has 0 saturated heterocycles. The van der Waals surface area contributed by atoms with E-state index in [1.807, 2.05) is 194 Å². The molecule has 0 N–H and O–H groups in total. The molecule has 0 radical (unpaired) electrons. The smallest absolute Gasteiger partial charge is 0.164 e. The lowest BCUT2D eigenvalue weighted by Gasteiger charge is -2.16. The molecular formula is C116H68N8O5. The van der Waals surface area contributed by atoms with E-state index in [1.54, 1.807) is 0 Å². The first-order valence-corrected chi connectivity index (χ1v) is 42.9. The van der Waals surface area contributed by atoms with Crippen LogP contribution in [0.4, 0.5) is 0 Å². The van der Waals surface area contributed by atoms with Crippen LogP contribution in [0.25, 0.3) is 266 Å². The zero-order chi connectivity index (χ0) is 85.0. The Balaban J connectivity index is 0.000000106. The van der Waals surface area contributed by atoms with Crippen molar-refractivity contribution in [3.8, 4) is 113 Å². The van der Waals surface area contributed by atoms with Crippen molar-refractivity contribution in [1.82, 2.24) is 39.9 Å². The van der Waals surface area contributed by atoms with Gasteiger partial charge in [-0.25, -0.2) is 39.9 Å². The van der Waals surface area contributed by atoms with Crippen molar-refractivity contribution in [2.24, 2.45) is 0 Å². The lowest BCUT2D eigenvalue weighted by Crippen LogP contribution is -2.00. The highest BCUT2D eigenvalue weighted by Crippen LogP contribution is 2.47. The Hall–Kier alpha value is -17.7. The molecule has 0 unspecified atom stereocenters. The maximum atomic E-state index is 6.27. The summed E-state index contributed by atoms with van der Waals surface area (Å²) in [5.74, 6) is 3.58. The predicted molar refractivity (Wildman–Crippen MR) is 522 cm³/mol. The summed E-state index contributed by atoms with van der Waals surface area (Å²) in [5, 5.41) is 17.2. The number of hydrogen-bond donors (Lipinski definition) is 0. The average molecular weight is 1650 g/mol. The fraction of sp³-hybridized carbons (Fsp3) is 0. The maximum absolute atomic E-state index is 6.27. The van der Waals surface area contributed by atoms with Gasteiger partial charge < -0.3 is 22.1 Å². The summed E-state index contributed by atoms with van der Waals surface area (Å²) in [5.41, 5.74) is 24.0. The van der Waals surface area contributed by atoms with Gasteiger partial charge in [-0.1, -0.05) is 334 Å². The first-order valence-electron chi connectivity index (χ1n) is 42.9. The van der Waals surface area contributed by atoms with Crippen LogP contribution in [0.15, 0.2) is 435 Å². The third-order valence-corrected chi connectivity index (χ3v) is 24.6. The van der Waals surface area contributed by atoms with Gasteiger partial charge in [-0.15, -0.1) is 0 Å². The molecule has 129 heavy (non-hydrogen) atoms. The quantitative estimate of drug-likeness (QED) is 0.119. The third-order valence-electron chi connectivity index (χ3n) is 24.6. The summed E-state index contributed by atoms with van der Waals surface area (Å²) in [6, 6.07) is 141. The number of hydrogen-bond acceptors (Lipinski definition) is 13. The second-order valence-electron chi connectivity index (χ2n) is 32.2. The first kappa shape index (κ1) is 74.0. The Morgan fingerprint density at radius 1 is 0.147 bits per heavy atom. The predicted octanol–water partition coefficient (Wildman–Crippen LogP) is 31.0. The summed E-state index contributed by atoms with van der Waals surface area (Å²) >= 11 is 0. The van der Waals surface area contributed by atoms with Crippen LogP contribution < -0.4 is 0 Å². The second-order valence-corrected chi connectivity index (χ2v) is 32.2. The Morgan fingerprint density at radius 2 is 0.442 bits per heavy atom. The minimum atomic E-state index is 0.588. The second kappa shape index (κ2) is 30.7. The molecule has 27 aromatic rings. The minimum Gasteiger partial charge on any atom is -0.456 e. The minimum absolute atomic E-state index is 0.588. The maximum Gasteiger partial charge on any atom is 0.164 e. The number of para-hydroxylation sites is 5. The van der Waals surface area contributed by atoms with Crippen molar-refractivity contribution in [2.75, 3.05) is 0 Å². The van der Waals surface area contributed by atoms with Crippen LogP contribution in [-0.4, -0.2) is 39.9 Å². The van der Waals surface area contributed by atoms with E-state index in [-0.39, 0.29) is 0 Å². The van der Waals surface area contributed by atoms with Crippen molar-refractivity contribution in [2.45, 2.75) is 0 Å². The molecule has 0 saturated carbocycles. The van der Waals surface area contributed by atoms with Crippen molar-refractivity contribution >= 4 is 153 Å². The SMILES string of the molecule is c1ccc(-c2nc(-c3cccc4oc5ccccc5c34)nc(-c3cccc4oc5ccccc5c34)n2)cc1.c1ccc(-c2nc3c(ccc4c(-c5ccccc5-c5cccc6oc7ccccc7c56)cccc43)nc2-c2ccc3ccccc3c2)cc1.c1ccc2cc(-c3nc(-c4cccc5oc6ccccc6c45)nc(-c4cccc5oc6ccccc6c45)n3)ccc2c1. The molecule has 0 fully saturated rings. The third kappa shape index (κ3) is 12.9. The van der Waals surface area contributed by atoms with E-state index < -0.39 is 0 Å². The monoisotopic (exact) mass is 1650 g/mol. The van der Waals surface area contributed by atoms with E-state index in [0.29, 0.717) is 34.9 Å². The lowest BCUT2D eigenvalue weighted by atomic mass is 9.89. The van der Waals surface area contributed by atoms with Crippen LogP contribution in [0.3, 0.4) is 0 Å². The molecule has 0 bridgehead atoms. The molecule has 0 aliphatic heterocycles. The van der Waals surface area contributed by atoms with Crippen LogP contribution in [0, 0.1) is 0 Å². The number of fused-ring (bicyclic) bond motifs is 20. The van der Waals surface area contributed by atoms with E-state index >= 15 is 0 Å². The van der Waals surface area contributed by atoms with Gasteiger partial charge in [-0.3, -0.25) is 0 Å². The number of aromatic nitrogens is 8. The van der Waals surface area contributed by atoms with Gasteiger partial charge in [0.15, 0.2) is 34.9 Å². The highest BCUT2D eigenvalue weighted by Gasteiger charge is 2.26. The molecule has 13 nitrogen and oxygen atoms in total. The van der Waals surface area contributed by atoms with Crippen LogP contribution >= 0.6 is 0 Å². The van der Waals surface area contributed by atoms with Crippen LogP contribution in [0.5, 0.6) is 0 Å². The molecule has 27 rings (SSSR count). The van der Waals surface area contributed by atoms with Gasteiger partial charge in [0.2, 0.25) is 0 Å². The highest BCUT2D eigenvalue weighted by atomic mass is 16.3. The van der Waals surface area contributed by atoms with E-state index in [4.69, 9.17) is 62.0 Å². The summed E-state index contributed by atoms with van der Waals surface area (Å²) in [7, 11) is 0. The van der Waals surface area contributed by atoms with E-state index in [2.05, 4.69) is 218 Å². The molecule has 19 aromatic carbocycles. The Morgan fingerprint density at radius 3 is 0.884 bits per heavy atom. The highest BCUT2D eigenvalue weighted by molar-refractivity contribution is 6.19. The molecule has 8 aromatic heterocycles. The van der Waals surface area contributed by atoms with Gasteiger partial charge in [0, 0.05) is 104 Å². The van der Waals surface area contributed by atoms with Crippen LogP contribution in [-0.2, 0) is 0 Å². The number of furan rings is 5. The van der Waals surface area contributed by atoms with E-state index in [9.17, 15) is 0 Å².